The molecule has 0 unspecified atom stereocenters. The second-order valence-electron chi connectivity index (χ2n) is 4.04. The number of rotatable bonds is 4. The minimum Gasteiger partial charge on any atom is -0.309 e. The van der Waals surface area contributed by atoms with E-state index in [-0.39, 0.29) is 0 Å². The SMILES string of the molecule is N#Cc1ccc(CNCc2cccnc2C#N)cc1. The van der Waals surface area contributed by atoms with Crippen LogP contribution in [-0.2, 0) is 13.1 Å². The molecule has 0 spiro atoms. The van der Waals surface area contributed by atoms with Crippen LogP contribution in [0.4, 0.5) is 0 Å². The van der Waals surface area contributed by atoms with Gasteiger partial charge >= 0.3 is 0 Å². The van der Waals surface area contributed by atoms with Crippen LogP contribution in [0.2, 0.25) is 0 Å². The summed E-state index contributed by atoms with van der Waals surface area (Å²) in [6.45, 7) is 1.28. The van der Waals surface area contributed by atoms with Crippen molar-refractivity contribution >= 4 is 0 Å². The van der Waals surface area contributed by atoms with Crippen molar-refractivity contribution in [2.24, 2.45) is 0 Å². The maximum absolute atomic E-state index is 8.92. The monoisotopic (exact) mass is 248 g/mol. The van der Waals surface area contributed by atoms with Crippen molar-refractivity contribution in [2.45, 2.75) is 13.1 Å². The van der Waals surface area contributed by atoms with Crippen molar-refractivity contribution in [1.82, 2.24) is 10.3 Å². The molecule has 0 saturated carbocycles. The Balaban J connectivity index is 1.93. The number of pyridine rings is 1. The summed E-state index contributed by atoms with van der Waals surface area (Å²) >= 11 is 0. The summed E-state index contributed by atoms with van der Waals surface area (Å²) in [4.78, 5) is 4.01. The third kappa shape index (κ3) is 3.38. The van der Waals surface area contributed by atoms with Crippen LogP contribution in [0.25, 0.3) is 0 Å². The second-order valence-corrected chi connectivity index (χ2v) is 4.04. The molecule has 92 valence electrons. The minimum absolute atomic E-state index is 0.454. The van der Waals surface area contributed by atoms with E-state index in [1.807, 2.05) is 24.3 Å². The molecule has 0 saturated heterocycles. The Labute approximate surface area is 112 Å². The van der Waals surface area contributed by atoms with Crippen LogP contribution in [0.5, 0.6) is 0 Å². The predicted octanol–water partition coefficient (Wildman–Crippen LogP) is 2.11. The number of nitriles is 2. The minimum atomic E-state index is 0.454. The summed E-state index contributed by atoms with van der Waals surface area (Å²) in [6.07, 6.45) is 1.61. The Morgan fingerprint density at radius 3 is 2.47 bits per heavy atom. The standard InChI is InChI=1S/C15H12N4/c16-8-12-3-5-13(6-4-12)10-18-11-14-2-1-7-19-15(14)9-17/h1-7,18H,10-11H2. The number of benzene rings is 1. The number of hydrogen-bond acceptors (Lipinski definition) is 4. The number of aromatic nitrogens is 1. The first-order valence-corrected chi connectivity index (χ1v) is 5.87. The summed E-state index contributed by atoms with van der Waals surface area (Å²) in [5, 5.41) is 20.9. The lowest BCUT2D eigenvalue weighted by atomic mass is 10.1. The first-order valence-electron chi connectivity index (χ1n) is 5.87. The van der Waals surface area contributed by atoms with Crippen LogP contribution < -0.4 is 5.32 Å². The van der Waals surface area contributed by atoms with Gasteiger partial charge in [-0.25, -0.2) is 4.98 Å². The molecule has 19 heavy (non-hydrogen) atoms. The summed E-state index contributed by atoms with van der Waals surface area (Å²) < 4.78 is 0. The van der Waals surface area contributed by atoms with Crippen LogP contribution in [-0.4, -0.2) is 4.98 Å². The average Bonchev–Trinajstić information content (AvgIpc) is 2.48. The van der Waals surface area contributed by atoms with Gasteiger partial charge in [0.1, 0.15) is 11.8 Å². The summed E-state index contributed by atoms with van der Waals surface area (Å²) in [5.74, 6) is 0. The Bertz CT molecular complexity index is 632. The Morgan fingerprint density at radius 1 is 1.00 bits per heavy atom. The van der Waals surface area contributed by atoms with Gasteiger partial charge in [0.25, 0.3) is 0 Å². The zero-order chi connectivity index (χ0) is 13.5. The molecule has 0 fully saturated rings. The quantitative estimate of drug-likeness (QED) is 0.899. The fourth-order valence-electron chi connectivity index (χ4n) is 1.72. The first kappa shape index (κ1) is 12.8. The maximum atomic E-state index is 8.92. The van der Waals surface area contributed by atoms with Crippen molar-refractivity contribution in [2.75, 3.05) is 0 Å². The summed E-state index contributed by atoms with van der Waals surface area (Å²) in [6, 6.07) is 15.3. The van der Waals surface area contributed by atoms with Gasteiger partial charge in [0.05, 0.1) is 11.6 Å². The molecule has 0 aliphatic carbocycles. The molecule has 2 aromatic rings. The maximum Gasteiger partial charge on any atom is 0.144 e. The van der Waals surface area contributed by atoms with Crippen molar-refractivity contribution < 1.29 is 0 Å². The third-order valence-electron chi connectivity index (χ3n) is 2.72. The average molecular weight is 248 g/mol. The number of hydrogen-bond donors (Lipinski definition) is 1. The van der Waals surface area contributed by atoms with E-state index >= 15 is 0 Å². The highest BCUT2D eigenvalue weighted by Gasteiger charge is 2.01. The second kappa shape index (κ2) is 6.30. The lowest BCUT2D eigenvalue weighted by Crippen LogP contribution is -2.14. The van der Waals surface area contributed by atoms with E-state index in [2.05, 4.69) is 22.4 Å². The molecule has 2 rings (SSSR count). The van der Waals surface area contributed by atoms with Gasteiger partial charge in [0, 0.05) is 24.8 Å². The highest BCUT2D eigenvalue weighted by Crippen LogP contribution is 2.06. The molecule has 0 bridgehead atoms. The Morgan fingerprint density at radius 2 is 1.79 bits per heavy atom. The molecule has 0 atom stereocenters. The normalized spacial score (nSPS) is 9.58. The van der Waals surface area contributed by atoms with E-state index in [0.717, 1.165) is 11.1 Å². The molecule has 0 aliphatic heterocycles. The van der Waals surface area contributed by atoms with E-state index < -0.39 is 0 Å². The molecular formula is C15H12N4. The predicted molar refractivity (Wildman–Crippen MR) is 70.7 cm³/mol. The van der Waals surface area contributed by atoms with Gasteiger partial charge in [-0.2, -0.15) is 10.5 Å². The van der Waals surface area contributed by atoms with Gasteiger partial charge < -0.3 is 5.32 Å². The number of nitrogens with one attached hydrogen (secondary N) is 1. The largest absolute Gasteiger partial charge is 0.309 e. The van der Waals surface area contributed by atoms with Crippen molar-refractivity contribution in [3.05, 3.63) is 65.0 Å². The van der Waals surface area contributed by atoms with E-state index in [1.165, 1.54) is 0 Å². The zero-order valence-corrected chi connectivity index (χ0v) is 10.3. The fourth-order valence-corrected chi connectivity index (χ4v) is 1.72. The first-order chi connectivity index (χ1) is 9.33. The van der Waals surface area contributed by atoms with Crippen LogP contribution in [0, 0.1) is 22.7 Å². The molecular weight excluding hydrogens is 236 g/mol. The van der Waals surface area contributed by atoms with E-state index in [0.29, 0.717) is 24.3 Å². The van der Waals surface area contributed by atoms with Gasteiger partial charge in [-0.3, -0.25) is 0 Å². The van der Waals surface area contributed by atoms with Gasteiger partial charge in [-0.1, -0.05) is 18.2 Å². The molecule has 1 N–H and O–H groups in total. The summed E-state index contributed by atoms with van der Waals surface area (Å²) in [7, 11) is 0. The summed E-state index contributed by atoms with van der Waals surface area (Å²) in [5.41, 5.74) is 3.10. The number of nitrogens with zero attached hydrogens (tertiary/aromatic N) is 3. The molecule has 4 nitrogen and oxygen atoms in total. The van der Waals surface area contributed by atoms with E-state index in [1.54, 1.807) is 18.3 Å². The molecule has 1 aromatic carbocycles. The molecule has 1 aromatic heterocycles. The van der Waals surface area contributed by atoms with Crippen LogP contribution in [0.3, 0.4) is 0 Å². The smallest absolute Gasteiger partial charge is 0.144 e. The lowest BCUT2D eigenvalue weighted by Gasteiger charge is -2.06. The topological polar surface area (TPSA) is 72.5 Å². The van der Waals surface area contributed by atoms with Crippen molar-refractivity contribution in [3.63, 3.8) is 0 Å². The van der Waals surface area contributed by atoms with Crippen molar-refractivity contribution in [3.8, 4) is 12.1 Å². The third-order valence-corrected chi connectivity index (χ3v) is 2.72. The highest BCUT2D eigenvalue weighted by molar-refractivity contribution is 5.32. The Kier molecular flexibility index (Phi) is 4.23. The van der Waals surface area contributed by atoms with Gasteiger partial charge in [0.15, 0.2) is 0 Å². The van der Waals surface area contributed by atoms with Crippen LogP contribution in [0.15, 0.2) is 42.6 Å². The molecule has 4 heteroatoms. The van der Waals surface area contributed by atoms with Crippen LogP contribution >= 0.6 is 0 Å². The van der Waals surface area contributed by atoms with Crippen molar-refractivity contribution in [1.29, 1.82) is 10.5 Å². The zero-order valence-electron chi connectivity index (χ0n) is 10.3. The van der Waals surface area contributed by atoms with E-state index in [9.17, 15) is 0 Å². The van der Waals surface area contributed by atoms with E-state index in [4.69, 9.17) is 10.5 Å². The fraction of sp³-hybridized carbons (Fsp3) is 0.133. The molecule has 0 aliphatic rings. The molecule has 0 radical (unpaired) electrons. The highest BCUT2D eigenvalue weighted by atomic mass is 14.9. The van der Waals surface area contributed by atoms with Gasteiger partial charge in [0.2, 0.25) is 0 Å². The molecule has 0 amide bonds. The molecule has 1 heterocycles. The van der Waals surface area contributed by atoms with Gasteiger partial charge in [-0.05, 0) is 23.8 Å². The van der Waals surface area contributed by atoms with Crippen LogP contribution in [0.1, 0.15) is 22.4 Å². The van der Waals surface area contributed by atoms with Gasteiger partial charge in [-0.15, -0.1) is 0 Å². The Hall–Kier alpha value is -2.69. The lowest BCUT2D eigenvalue weighted by molar-refractivity contribution is 0.690.